The second-order valence-electron chi connectivity index (χ2n) is 6.98. The molecule has 1 fully saturated rings. The Morgan fingerprint density at radius 1 is 0.800 bits per heavy atom. The van der Waals surface area contributed by atoms with Crippen molar-refractivity contribution in [2.75, 3.05) is 39.3 Å². The van der Waals surface area contributed by atoms with E-state index in [1.54, 1.807) is 41.3 Å². The molecule has 0 bridgehead atoms. The minimum atomic E-state index is -3.41. The standard InChI is InChI=1S/C21H26N4O4S/c26-20(19-9-5-2-6-10-19)22-11-12-23-21(27)24-13-15-25(16-14-24)30(28,29)17-18-7-3-1-4-8-18/h1-10H,11-17H2,(H,22,26)(H,23,27). The number of urea groups is 1. The Morgan fingerprint density at radius 2 is 1.37 bits per heavy atom. The number of nitrogens with one attached hydrogen (secondary N) is 2. The van der Waals surface area contributed by atoms with Gasteiger partial charge < -0.3 is 15.5 Å². The molecule has 160 valence electrons. The lowest BCUT2D eigenvalue weighted by atomic mass is 10.2. The normalized spacial score (nSPS) is 14.9. The second-order valence-corrected chi connectivity index (χ2v) is 8.95. The molecule has 0 atom stereocenters. The van der Waals surface area contributed by atoms with Crippen molar-refractivity contribution in [1.29, 1.82) is 0 Å². The van der Waals surface area contributed by atoms with E-state index in [0.717, 1.165) is 5.56 Å². The van der Waals surface area contributed by atoms with Crippen LogP contribution in [0.3, 0.4) is 0 Å². The predicted molar refractivity (Wildman–Crippen MR) is 114 cm³/mol. The molecule has 2 aromatic carbocycles. The Balaban J connectivity index is 1.38. The van der Waals surface area contributed by atoms with Crippen molar-refractivity contribution in [2.24, 2.45) is 0 Å². The molecule has 30 heavy (non-hydrogen) atoms. The largest absolute Gasteiger partial charge is 0.350 e. The summed E-state index contributed by atoms with van der Waals surface area (Å²) in [7, 11) is -3.41. The zero-order valence-electron chi connectivity index (χ0n) is 16.7. The number of sulfonamides is 1. The van der Waals surface area contributed by atoms with Gasteiger partial charge in [-0.1, -0.05) is 48.5 Å². The van der Waals surface area contributed by atoms with Crippen LogP contribution < -0.4 is 10.6 Å². The van der Waals surface area contributed by atoms with Gasteiger partial charge in [-0.05, 0) is 17.7 Å². The molecule has 0 radical (unpaired) electrons. The zero-order chi connectivity index (χ0) is 21.4. The molecule has 0 aromatic heterocycles. The van der Waals surface area contributed by atoms with Gasteiger partial charge in [0.1, 0.15) is 0 Å². The maximum absolute atomic E-state index is 12.6. The Labute approximate surface area is 176 Å². The lowest BCUT2D eigenvalue weighted by Crippen LogP contribution is -2.53. The van der Waals surface area contributed by atoms with Crippen LogP contribution in [0, 0.1) is 0 Å². The molecule has 3 amide bonds. The molecule has 1 aliphatic heterocycles. The van der Waals surface area contributed by atoms with Gasteiger partial charge >= 0.3 is 6.03 Å². The topological polar surface area (TPSA) is 98.8 Å². The van der Waals surface area contributed by atoms with E-state index in [1.807, 2.05) is 24.3 Å². The quantitative estimate of drug-likeness (QED) is 0.647. The fourth-order valence-corrected chi connectivity index (χ4v) is 4.71. The van der Waals surface area contributed by atoms with Crippen molar-refractivity contribution in [2.45, 2.75) is 5.75 Å². The SMILES string of the molecule is O=C(NCCNC(=O)N1CCN(S(=O)(=O)Cc2ccccc2)CC1)c1ccccc1. The van der Waals surface area contributed by atoms with Gasteiger partial charge in [0, 0.05) is 44.8 Å². The molecule has 1 heterocycles. The number of amides is 3. The lowest BCUT2D eigenvalue weighted by molar-refractivity contribution is 0.0953. The number of benzene rings is 2. The van der Waals surface area contributed by atoms with Gasteiger partial charge in [-0.25, -0.2) is 13.2 Å². The summed E-state index contributed by atoms with van der Waals surface area (Å²) in [5.41, 5.74) is 1.31. The van der Waals surface area contributed by atoms with E-state index in [1.165, 1.54) is 4.31 Å². The third-order valence-electron chi connectivity index (χ3n) is 4.83. The average Bonchev–Trinajstić information content (AvgIpc) is 2.77. The lowest BCUT2D eigenvalue weighted by Gasteiger charge is -2.34. The van der Waals surface area contributed by atoms with Gasteiger partial charge in [0.2, 0.25) is 10.0 Å². The highest BCUT2D eigenvalue weighted by Crippen LogP contribution is 2.13. The third-order valence-corrected chi connectivity index (χ3v) is 6.68. The van der Waals surface area contributed by atoms with Gasteiger partial charge in [-0.15, -0.1) is 0 Å². The number of piperazine rings is 1. The van der Waals surface area contributed by atoms with Crippen molar-refractivity contribution in [3.63, 3.8) is 0 Å². The molecule has 8 nitrogen and oxygen atoms in total. The van der Waals surface area contributed by atoms with Crippen LogP contribution in [0.25, 0.3) is 0 Å². The first-order chi connectivity index (χ1) is 14.5. The van der Waals surface area contributed by atoms with Gasteiger partial charge in [0.05, 0.1) is 5.75 Å². The molecule has 9 heteroatoms. The van der Waals surface area contributed by atoms with Crippen LogP contribution in [0.15, 0.2) is 60.7 Å². The Kier molecular flexibility index (Phi) is 7.42. The van der Waals surface area contributed by atoms with Crippen molar-refractivity contribution in [1.82, 2.24) is 19.8 Å². The van der Waals surface area contributed by atoms with E-state index in [2.05, 4.69) is 10.6 Å². The molecule has 2 N–H and O–H groups in total. The van der Waals surface area contributed by atoms with Crippen LogP contribution in [0.4, 0.5) is 4.79 Å². The minimum absolute atomic E-state index is 0.0405. The summed E-state index contributed by atoms with van der Waals surface area (Å²) < 4.78 is 26.6. The van der Waals surface area contributed by atoms with Crippen molar-refractivity contribution in [3.05, 3.63) is 71.8 Å². The summed E-state index contributed by atoms with van der Waals surface area (Å²) in [6.45, 7) is 1.81. The number of carbonyl (C=O) groups excluding carboxylic acids is 2. The first kappa shape index (κ1) is 21.8. The van der Waals surface area contributed by atoms with Crippen molar-refractivity contribution < 1.29 is 18.0 Å². The highest BCUT2D eigenvalue weighted by atomic mass is 32.2. The number of hydrogen-bond acceptors (Lipinski definition) is 4. The summed E-state index contributed by atoms with van der Waals surface area (Å²) in [5.74, 6) is -0.233. The molecule has 1 saturated heterocycles. The maximum atomic E-state index is 12.6. The van der Waals surface area contributed by atoms with Crippen LogP contribution in [-0.2, 0) is 15.8 Å². The number of hydrogen-bond donors (Lipinski definition) is 2. The van der Waals surface area contributed by atoms with Crippen molar-refractivity contribution >= 4 is 22.0 Å². The van der Waals surface area contributed by atoms with E-state index < -0.39 is 10.0 Å². The molecule has 3 rings (SSSR count). The summed E-state index contributed by atoms with van der Waals surface area (Å²) in [6, 6.07) is 17.7. The molecule has 0 aliphatic carbocycles. The van der Waals surface area contributed by atoms with E-state index in [4.69, 9.17) is 0 Å². The summed E-state index contributed by atoms with van der Waals surface area (Å²) in [4.78, 5) is 25.8. The average molecular weight is 431 g/mol. The Hall–Kier alpha value is -2.91. The van der Waals surface area contributed by atoms with Crippen molar-refractivity contribution in [3.8, 4) is 0 Å². The number of carbonyl (C=O) groups is 2. The van der Waals surface area contributed by atoms with E-state index in [0.29, 0.717) is 31.7 Å². The van der Waals surface area contributed by atoms with Crippen LogP contribution in [0.1, 0.15) is 15.9 Å². The minimum Gasteiger partial charge on any atom is -0.350 e. The van der Waals surface area contributed by atoms with Crippen LogP contribution in [0.2, 0.25) is 0 Å². The predicted octanol–water partition coefficient (Wildman–Crippen LogP) is 1.27. The van der Waals surface area contributed by atoms with Crippen LogP contribution >= 0.6 is 0 Å². The monoisotopic (exact) mass is 430 g/mol. The van der Waals surface area contributed by atoms with E-state index >= 15 is 0 Å². The maximum Gasteiger partial charge on any atom is 0.317 e. The number of rotatable bonds is 7. The molecule has 0 saturated carbocycles. The third kappa shape index (κ3) is 6.04. The Morgan fingerprint density at radius 3 is 2.00 bits per heavy atom. The van der Waals surface area contributed by atoms with Gasteiger partial charge in [-0.3, -0.25) is 4.79 Å². The zero-order valence-corrected chi connectivity index (χ0v) is 17.5. The second kappa shape index (κ2) is 10.2. The summed E-state index contributed by atoms with van der Waals surface area (Å²) in [5, 5.41) is 5.50. The molecule has 2 aromatic rings. The van der Waals surface area contributed by atoms with Gasteiger partial charge in [-0.2, -0.15) is 4.31 Å². The van der Waals surface area contributed by atoms with E-state index in [9.17, 15) is 18.0 Å². The molecular weight excluding hydrogens is 404 g/mol. The highest BCUT2D eigenvalue weighted by molar-refractivity contribution is 7.88. The Bertz CT molecular complexity index is 943. The summed E-state index contributed by atoms with van der Waals surface area (Å²) >= 11 is 0. The highest BCUT2D eigenvalue weighted by Gasteiger charge is 2.28. The fraction of sp³-hybridized carbons (Fsp3) is 0.333. The number of nitrogens with zero attached hydrogens (tertiary/aromatic N) is 2. The molecule has 0 unspecified atom stereocenters. The van der Waals surface area contributed by atoms with Gasteiger partial charge in [0.25, 0.3) is 5.91 Å². The van der Waals surface area contributed by atoms with Crippen LogP contribution in [-0.4, -0.2) is 68.8 Å². The van der Waals surface area contributed by atoms with E-state index in [-0.39, 0.29) is 30.8 Å². The first-order valence-corrected chi connectivity index (χ1v) is 11.4. The smallest absolute Gasteiger partial charge is 0.317 e. The van der Waals surface area contributed by atoms with Gasteiger partial charge in [0.15, 0.2) is 0 Å². The fourth-order valence-electron chi connectivity index (χ4n) is 3.19. The summed E-state index contributed by atoms with van der Waals surface area (Å²) in [6.07, 6.45) is 0. The van der Waals surface area contributed by atoms with Crippen LogP contribution in [0.5, 0.6) is 0 Å². The molecular formula is C21H26N4O4S. The first-order valence-electron chi connectivity index (χ1n) is 9.83. The molecule has 1 aliphatic rings. The molecule has 0 spiro atoms.